The van der Waals surface area contributed by atoms with Crippen LogP contribution in [0.15, 0.2) is 29.2 Å². The summed E-state index contributed by atoms with van der Waals surface area (Å²) in [6.45, 7) is 10.6. The minimum absolute atomic E-state index is 0.175. The maximum absolute atomic E-state index is 13.0. The highest BCUT2D eigenvalue weighted by atomic mass is 32.2. The molecular formula is C22H35N3O3S. The second-order valence-electron chi connectivity index (χ2n) is 8.65. The smallest absolute Gasteiger partial charge is 0.243 e. The highest BCUT2D eigenvalue weighted by Gasteiger charge is 2.30. The first-order valence-corrected chi connectivity index (χ1v) is 12.4. The first-order valence-electron chi connectivity index (χ1n) is 10.9. The van der Waals surface area contributed by atoms with Gasteiger partial charge in [-0.1, -0.05) is 32.9 Å². The molecule has 0 bridgehead atoms. The third kappa shape index (κ3) is 5.38. The summed E-state index contributed by atoms with van der Waals surface area (Å²) in [5, 5.41) is 0. The molecule has 6 nitrogen and oxygen atoms in total. The third-order valence-corrected chi connectivity index (χ3v) is 8.31. The van der Waals surface area contributed by atoms with E-state index in [2.05, 4.69) is 25.7 Å². The molecule has 2 atom stereocenters. The summed E-state index contributed by atoms with van der Waals surface area (Å²) in [4.78, 5) is 17.0. The zero-order valence-electron chi connectivity index (χ0n) is 18.0. The van der Waals surface area contributed by atoms with Gasteiger partial charge in [-0.2, -0.15) is 4.31 Å². The molecule has 2 aliphatic rings. The van der Waals surface area contributed by atoms with Crippen molar-refractivity contribution in [1.82, 2.24) is 14.1 Å². The van der Waals surface area contributed by atoms with Crippen molar-refractivity contribution in [3.8, 4) is 0 Å². The molecule has 0 unspecified atom stereocenters. The first kappa shape index (κ1) is 22.2. The van der Waals surface area contributed by atoms with E-state index in [9.17, 15) is 13.2 Å². The molecule has 29 heavy (non-hydrogen) atoms. The van der Waals surface area contributed by atoms with Crippen LogP contribution in [0.4, 0.5) is 0 Å². The van der Waals surface area contributed by atoms with Gasteiger partial charge in [0.2, 0.25) is 15.9 Å². The number of piperidine rings is 1. The molecule has 0 spiro atoms. The fourth-order valence-electron chi connectivity index (χ4n) is 4.19. The van der Waals surface area contributed by atoms with Gasteiger partial charge in [-0.05, 0) is 48.8 Å². The van der Waals surface area contributed by atoms with Crippen LogP contribution < -0.4 is 0 Å². The van der Waals surface area contributed by atoms with E-state index in [4.69, 9.17) is 0 Å². The van der Waals surface area contributed by atoms with Crippen molar-refractivity contribution >= 4 is 15.9 Å². The van der Waals surface area contributed by atoms with Gasteiger partial charge in [-0.15, -0.1) is 0 Å². The Hall–Kier alpha value is -1.44. The minimum Gasteiger partial charge on any atom is -0.341 e. The van der Waals surface area contributed by atoms with Gasteiger partial charge in [0.15, 0.2) is 0 Å². The highest BCUT2D eigenvalue weighted by Crippen LogP contribution is 2.23. The maximum Gasteiger partial charge on any atom is 0.243 e. The summed E-state index contributed by atoms with van der Waals surface area (Å²) in [7, 11) is -3.48. The molecule has 2 aliphatic heterocycles. The molecule has 1 amide bonds. The summed E-state index contributed by atoms with van der Waals surface area (Å²) in [5.41, 5.74) is 1.17. The monoisotopic (exact) mass is 421 g/mol. The highest BCUT2D eigenvalue weighted by molar-refractivity contribution is 7.89. The predicted molar refractivity (Wildman–Crippen MR) is 115 cm³/mol. The van der Waals surface area contributed by atoms with Gasteiger partial charge in [0.05, 0.1) is 11.4 Å². The van der Waals surface area contributed by atoms with Crippen LogP contribution in [0.3, 0.4) is 0 Å². The summed E-state index contributed by atoms with van der Waals surface area (Å²) >= 11 is 0. The largest absolute Gasteiger partial charge is 0.341 e. The van der Waals surface area contributed by atoms with Crippen LogP contribution in [-0.2, 0) is 14.8 Å². The number of benzene rings is 1. The second-order valence-corrected chi connectivity index (χ2v) is 10.6. The number of hydrogen-bond acceptors (Lipinski definition) is 4. The molecule has 2 heterocycles. The molecule has 0 N–H and O–H groups in total. The van der Waals surface area contributed by atoms with E-state index in [1.54, 1.807) is 16.4 Å². The van der Waals surface area contributed by atoms with Crippen molar-refractivity contribution in [2.75, 3.05) is 45.8 Å². The standard InChI is InChI=1S/C22H35N3O3S/c1-4-19(3)20-7-9-21(10-8-20)29(27,28)25-14-12-23(13-15-25)17-22(26)24-11-5-6-18(2)16-24/h7-10,18-19H,4-6,11-17H2,1-3H3/t18-,19+/m1/s1. The number of carbonyl (C=O) groups excluding carboxylic acids is 1. The van der Waals surface area contributed by atoms with Gasteiger partial charge in [0, 0.05) is 39.3 Å². The van der Waals surface area contributed by atoms with Gasteiger partial charge < -0.3 is 4.90 Å². The lowest BCUT2D eigenvalue weighted by Gasteiger charge is -2.36. The van der Waals surface area contributed by atoms with Crippen LogP contribution in [-0.4, -0.2) is 74.2 Å². The number of rotatable bonds is 6. The van der Waals surface area contributed by atoms with E-state index in [1.165, 1.54) is 12.0 Å². The summed E-state index contributed by atoms with van der Waals surface area (Å²) in [5.74, 6) is 1.17. The molecule has 162 valence electrons. The Labute approximate surface area is 175 Å². The molecule has 0 aromatic heterocycles. The van der Waals surface area contributed by atoms with Gasteiger partial charge >= 0.3 is 0 Å². The summed E-state index contributed by atoms with van der Waals surface area (Å²) in [6, 6.07) is 7.31. The number of hydrogen-bond donors (Lipinski definition) is 0. The maximum atomic E-state index is 13.0. The van der Waals surface area contributed by atoms with Gasteiger partial charge in [0.25, 0.3) is 0 Å². The molecule has 3 rings (SSSR count). The number of amides is 1. The average Bonchev–Trinajstić information content (AvgIpc) is 2.73. The molecule has 0 aliphatic carbocycles. The Kier molecular flexibility index (Phi) is 7.35. The molecule has 0 saturated carbocycles. The Balaban J connectivity index is 1.54. The Morgan fingerprint density at radius 2 is 1.76 bits per heavy atom. The van der Waals surface area contributed by atoms with Crippen molar-refractivity contribution in [1.29, 1.82) is 0 Å². The fraction of sp³-hybridized carbons (Fsp3) is 0.682. The number of likely N-dealkylation sites (tertiary alicyclic amines) is 1. The molecule has 7 heteroatoms. The first-order chi connectivity index (χ1) is 13.8. The zero-order chi connectivity index (χ0) is 21.0. The van der Waals surface area contributed by atoms with E-state index in [0.29, 0.717) is 49.5 Å². The molecule has 2 fully saturated rings. The van der Waals surface area contributed by atoms with Crippen LogP contribution in [0.25, 0.3) is 0 Å². The Morgan fingerprint density at radius 3 is 2.34 bits per heavy atom. The fourth-order valence-corrected chi connectivity index (χ4v) is 5.61. The quantitative estimate of drug-likeness (QED) is 0.709. The van der Waals surface area contributed by atoms with Gasteiger partial charge in [-0.3, -0.25) is 9.69 Å². The van der Waals surface area contributed by atoms with E-state index in [0.717, 1.165) is 25.9 Å². The topological polar surface area (TPSA) is 60.9 Å². The summed E-state index contributed by atoms with van der Waals surface area (Å²) in [6.07, 6.45) is 3.30. The van der Waals surface area contributed by atoms with Gasteiger partial charge in [-0.25, -0.2) is 8.42 Å². The van der Waals surface area contributed by atoms with E-state index in [1.807, 2.05) is 17.0 Å². The van der Waals surface area contributed by atoms with Crippen LogP contribution in [0.5, 0.6) is 0 Å². The Bertz CT molecular complexity index is 786. The van der Waals surface area contributed by atoms with Gasteiger partial charge in [0.1, 0.15) is 0 Å². The van der Waals surface area contributed by atoms with Crippen molar-refractivity contribution in [3.63, 3.8) is 0 Å². The Morgan fingerprint density at radius 1 is 1.10 bits per heavy atom. The molecule has 2 saturated heterocycles. The van der Waals surface area contributed by atoms with Crippen LogP contribution in [0.1, 0.15) is 51.5 Å². The lowest BCUT2D eigenvalue weighted by molar-refractivity contribution is -0.134. The average molecular weight is 422 g/mol. The zero-order valence-corrected chi connectivity index (χ0v) is 18.8. The molecule has 1 aromatic carbocycles. The lowest BCUT2D eigenvalue weighted by Crippen LogP contribution is -2.52. The molecular weight excluding hydrogens is 386 g/mol. The normalized spacial score (nSPS) is 23.1. The van der Waals surface area contributed by atoms with E-state index < -0.39 is 10.0 Å². The van der Waals surface area contributed by atoms with Crippen molar-refractivity contribution in [2.24, 2.45) is 5.92 Å². The third-order valence-electron chi connectivity index (χ3n) is 6.40. The lowest BCUT2D eigenvalue weighted by atomic mass is 9.99. The van der Waals surface area contributed by atoms with Crippen molar-refractivity contribution in [3.05, 3.63) is 29.8 Å². The van der Waals surface area contributed by atoms with Crippen LogP contribution >= 0.6 is 0 Å². The molecule has 0 radical (unpaired) electrons. The van der Waals surface area contributed by atoms with Crippen molar-refractivity contribution < 1.29 is 13.2 Å². The second kappa shape index (κ2) is 9.58. The molecule has 1 aromatic rings. The van der Waals surface area contributed by atoms with Crippen LogP contribution in [0, 0.1) is 5.92 Å². The SMILES string of the molecule is CC[C@H](C)c1ccc(S(=O)(=O)N2CCN(CC(=O)N3CCC[C@@H](C)C3)CC2)cc1. The van der Waals surface area contributed by atoms with E-state index in [-0.39, 0.29) is 5.91 Å². The summed E-state index contributed by atoms with van der Waals surface area (Å²) < 4.78 is 27.5. The van der Waals surface area contributed by atoms with E-state index >= 15 is 0 Å². The minimum atomic E-state index is -3.48. The number of piperazine rings is 1. The van der Waals surface area contributed by atoms with Crippen molar-refractivity contribution in [2.45, 2.75) is 50.8 Å². The van der Waals surface area contributed by atoms with Crippen LogP contribution in [0.2, 0.25) is 0 Å². The predicted octanol–water partition coefficient (Wildman–Crippen LogP) is 2.76. The number of sulfonamides is 1. The number of carbonyl (C=O) groups is 1. The number of nitrogens with zero attached hydrogens (tertiary/aromatic N) is 3.